The molecule has 0 saturated carbocycles. The number of ether oxygens (including phenoxy) is 1. The maximum atomic E-state index is 12.2. The average molecular weight is 350 g/mol. The van der Waals surface area contributed by atoms with Gasteiger partial charge >= 0.3 is 5.69 Å². The molecule has 9 heteroatoms. The van der Waals surface area contributed by atoms with Gasteiger partial charge in [0.25, 0.3) is 0 Å². The van der Waals surface area contributed by atoms with Crippen molar-refractivity contribution in [3.8, 4) is 11.5 Å². The van der Waals surface area contributed by atoms with Crippen molar-refractivity contribution < 1.29 is 24.0 Å². The minimum absolute atomic E-state index is 0.000782. The van der Waals surface area contributed by atoms with E-state index in [1.54, 1.807) is 17.0 Å². The fourth-order valence-electron chi connectivity index (χ4n) is 2.59. The zero-order chi connectivity index (χ0) is 17.3. The van der Waals surface area contributed by atoms with Crippen LogP contribution < -0.4 is 4.74 Å². The van der Waals surface area contributed by atoms with Crippen LogP contribution in [0.25, 0.3) is 0 Å². The van der Waals surface area contributed by atoms with Gasteiger partial charge in [-0.25, -0.2) is 0 Å². The number of phenols is 1. The van der Waals surface area contributed by atoms with Crippen molar-refractivity contribution in [1.82, 2.24) is 4.90 Å². The van der Waals surface area contributed by atoms with E-state index in [4.69, 9.17) is 9.15 Å². The minimum atomic E-state index is -0.685. The first-order valence-corrected chi connectivity index (χ1v) is 8.05. The van der Waals surface area contributed by atoms with Crippen LogP contribution in [0.4, 0.5) is 5.69 Å². The molecule has 1 atom stereocenters. The zero-order valence-corrected chi connectivity index (χ0v) is 13.5. The van der Waals surface area contributed by atoms with Gasteiger partial charge in [0.2, 0.25) is 11.7 Å². The number of nitro benzene ring substituents is 1. The molecular formula is C15H14N2O6S. The first kappa shape index (κ1) is 16.2. The molecule has 1 N–H and O–H groups in total. The molecule has 1 fully saturated rings. The molecular weight excluding hydrogens is 336 g/mol. The van der Waals surface area contributed by atoms with E-state index in [1.807, 2.05) is 0 Å². The van der Waals surface area contributed by atoms with Gasteiger partial charge in [-0.3, -0.25) is 14.9 Å². The summed E-state index contributed by atoms with van der Waals surface area (Å²) in [6.07, 6.45) is 1.52. The first-order valence-electron chi connectivity index (χ1n) is 7.00. The lowest BCUT2D eigenvalue weighted by Gasteiger charge is -2.24. The Kier molecular flexibility index (Phi) is 4.34. The minimum Gasteiger partial charge on any atom is -0.500 e. The predicted molar refractivity (Wildman–Crippen MR) is 85.8 cm³/mol. The Balaban J connectivity index is 1.99. The van der Waals surface area contributed by atoms with E-state index < -0.39 is 21.7 Å². The molecule has 2 aromatic rings. The third-order valence-corrected chi connectivity index (χ3v) is 4.92. The smallest absolute Gasteiger partial charge is 0.314 e. The van der Waals surface area contributed by atoms with Crippen molar-refractivity contribution in [1.29, 1.82) is 0 Å². The van der Waals surface area contributed by atoms with Crippen molar-refractivity contribution in [3.63, 3.8) is 0 Å². The Labute approximate surface area is 141 Å². The number of carbonyl (C=O) groups is 1. The summed E-state index contributed by atoms with van der Waals surface area (Å²) < 4.78 is 10.5. The fourth-order valence-corrected chi connectivity index (χ4v) is 3.79. The van der Waals surface area contributed by atoms with Gasteiger partial charge in [-0.2, -0.15) is 0 Å². The summed E-state index contributed by atoms with van der Waals surface area (Å²) >= 11 is 1.36. The van der Waals surface area contributed by atoms with Crippen LogP contribution in [0.1, 0.15) is 16.7 Å². The molecule has 1 saturated heterocycles. The van der Waals surface area contributed by atoms with E-state index in [-0.39, 0.29) is 24.0 Å². The number of carbonyl (C=O) groups excluding carboxylic acids is 1. The molecule has 3 rings (SSSR count). The maximum absolute atomic E-state index is 12.2. The number of amides is 1. The Bertz CT molecular complexity index is 777. The normalized spacial score (nSPS) is 17.3. The summed E-state index contributed by atoms with van der Waals surface area (Å²) in [4.78, 5) is 24.1. The quantitative estimate of drug-likeness (QED) is 0.652. The summed E-state index contributed by atoms with van der Waals surface area (Å²) in [6.45, 7) is 0.268. The van der Waals surface area contributed by atoms with Crippen molar-refractivity contribution in [3.05, 3.63) is 52.0 Å². The standard InChI is InChI=1S/C15H14N2O6S/c1-22-14-10(4-5-11(13(14)19)17(20)21)15-16(12(18)8-24-15)7-9-3-2-6-23-9/h2-6,15,19H,7-8H2,1H3. The second kappa shape index (κ2) is 6.44. The van der Waals surface area contributed by atoms with Crippen LogP contribution in [-0.4, -0.2) is 33.7 Å². The summed E-state index contributed by atoms with van der Waals surface area (Å²) in [5.74, 6) is 0.271. The van der Waals surface area contributed by atoms with Crippen LogP contribution in [0, 0.1) is 10.1 Å². The van der Waals surface area contributed by atoms with Gasteiger partial charge in [0.1, 0.15) is 11.1 Å². The molecule has 24 heavy (non-hydrogen) atoms. The number of rotatable bonds is 5. The zero-order valence-electron chi connectivity index (χ0n) is 12.7. The van der Waals surface area contributed by atoms with Crippen LogP contribution in [0.15, 0.2) is 34.9 Å². The van der Waals surface area contributed by atoms with Crippen molar-refractivity contribution in [2.45, 2.75) is 11.9 Å². The molecule has 1 unspecified atom stereocenters. The molecule has 126 valence electrons. The van der Waals surface area contributed by atoms with Crippen molar-refractivity contribution in [2.24, 2.45) is 0 Å². The molecule has 0 radical (unpaired) electrons. The molecule has 0 spiro atoms. The summed E-state index contributed by atoms with van der Waals surface area (Å²) in [5.41, 5.74) is 0.0607. The molecule has 1 aliphatic rings. The predicted octanol–water partition coefficient (Wildman–Crippen LogP) is 2.68. The van der Waals surface area contributed by atoms with Crippen LogP contribution >= 0.6 is 11.8 Å². The molecule has 2 heterocycles. The van der Waals surface area contributed by atoms with Gasteiger partial charge in [0.15, 0.2) is 5.75 Å². The Hall–Kier alpha value is -2.68. The van der Waals surface area contributed by atoms with Crippen molar-refractivity contribution in [2.75, 3.05) is 12.9 Å². The summed E-state index contributed by atoms with van der Waals surface area (Å²) in [5, 5.41) is 20.6. The number of nitro groups is 1. The molecule has 1 aromatic carbocycles. The fraction of sp³-hybridized carbons (Fsp3) is 0.267. The summed E-state index contributed by atoms with van der Waals surface area (Å²) in [7, 11) is 1.32. The largest absolute Gasteiger partial charge is 0.500 e. The number of nitrogens with zero attached hydrogens (tertiary/aromatic N) is 2. The van der Waals surface area contributed by atoms with Crippen LogP contribution in [0.2, 0.25) is 0 Å². The number of furan rings is 1. The van der Waals surface area contributed by atoms with E-state index in [2.05, 4.69) is 0 Å². The van der Waals surface area contributed by atoms with E-state index in [0.29, 0.717) is 11.3 Å². The lowest BCUT2D eigenvalue weighted by molar-refractivity contribution is -0.386. The van der Waals surface area contributed by atoms with E-state index in [1.165, 1.54) is 37.3 Å². The van der Waals surface area contributed by atoms with Gasteiger partial charge in [0, 0.05) is 11.6 Å². The Morgan fingerprint density at radius 3 is 2.92 bits per heavy atom. The number of hydrogen-bond donors (Lipinski definition) is 1. The topological polar surface area (TPSA) is 106 Å². The lowest BCUT2D eigenvalue weighted by Crippen LogP contribution is -2.27. The third-order valence-electron chi connectivity index (χ3n) is 3.68. The van der Waals surface area contributed by atoms with E-state index in [0.717, 1.165) is 0 Å². The molecule has 1 aliphatic heterocycles. The highest BCUT2D eigenvalue weighted by Crippen LogP contribution is 2.48. The molecule has 0 bridgehead atoms. The molecule has 0 aliphatic carbocycles. The number of thioether (sulfide) groups is 1. The molecule has 8 nitrogen and oxygen atoms in total. The van der Waals surface area contributed by atoms with Gasteiger partial charge in [-0.15, -0.1) is 11.8 Å². The lowest BCUT2D eigenvalue weighted by atomic mass is 10.1. The number of hydrogen-bond acceptors (Lipinski definition) is 7. The van der Waals surface area contributed by atoms with Crippen LogP contribution in [-0.2, 0) is 11.3 Å². The average Bonchev–Trinajstić information content (AvgIpc) is 3.18. The van der Waals surface area contributed by atoms with Crippen molar-refractivity contribution >= 4 is 23.4 Å². The Morgan fingerprint density at radius 1 is 1.50 bits per heavy atom. The molecule has 1 aromatic heterocycles. The van der Waals surface area contributed by atoms with Crippen LogP contribution in [0.3, 0.4) is 0 Å². The number of methoxy groups -OCH3 is 1. The number of phenolic OH excluding ortho intramolecular Hbond substituents is 1. The highest BCUT2D eigenvalue weighted by molar-refractivity contribution is 8.00. The van der Waals surface area contributed by atoms with Gasteiger partial charge in [-0.1, -0.05) is 0 Å². The number of benzene rings is 1. The first-order chi connectivity index (χ1) is 11.5. The van der Waals surface area contributed by atoms with Gasteiger partial charge < -0.3 is 19.2 Å². The summed E-state index contributed by atoms with van der Waals surface area (Å²) in [6, 6.07) is 6.21. The van der Waals surface area contributed by atoms with E-state index in [9.17, 15) is 20.0 Å². The third kappa shape index (κ3) is 2.78. The second-order valence-electron chi connectivity index (χ2n) is 5.08. The maximum Gasteiger partial charge on any atom is 0.314 e. The highest BCUT2D eigenvalue weighted by atomic mass is 32.2. The van der Waals surface area contributed by atoms with Gasteiger partial charge in [-0.05, 0) is 18.2 Å². The molecule has 1 amide bonds. The monoisotopic (exact) mass is 350 g/mol. The van der Waals surface area contributed by atoms with Gasteiger partial charge in [0.05, 0.1) is 30.6 Å². The van der Waals surface area contributed by atoms with Crippen LogP contribution in [0.5, 0.6) is 11.5 Å². The van der Waals surface area contributed by atoms with E-state index >= 15 is 0 Å². The highest BCUT2D eigenvalue weighted by Gasteiger charge is 2.37. The number of aromatic hydroxyl groups is 1. The SMILES string of the molecule is COc1c(C2SCC(=O)N2Cc2ccco2)ccc([N+](=O)[O-])c1O. The second-order valence-corrected chi connectivity index (χ2v) is 6.15. The Morgan fingerprint density at radius 2 is 2.29 bits per heavy atom.